The van der Waals surface area contributed by atoms with Crippen molar-refractivity contribution in [3.05, 3.63) is 29.8 Å². The highest BCUT2D eigenvalue weighted by Gasteiger charge is 2.18. The van der Waals surface area contributed by atoms with E-state index < -0.39 is 0 Å². The first-order chi connectivity index (χ1) is 11.6. The average Bonchev–Trinajstić information content (AvgIpc) is 2.60. The van der Waals surface area contributed by atoms with Crippen LogP contribution in [-0.2, 0) is 16.1 Å². The molecular weight excluding hydrogens is 344 g/mol. The van der Waals surface area contributed by atoms with Gasteiger partial charge in [-0.1, -0.05) is 12.1 Å². The number of amides is 2. The van der Waals surface area contributed by atoms with Gasteiger partial charge in [0.2, 0.25) is 11.8 Å². The first kappa shape index (κ1) is 21.2. The molecule has 140 valence electrons. The van der Waals surface area contributed by atoms with Crippen molar-refractivity contribution in [3.8, 4) is 5.75 Å². The van der Waals surface area contributed by atoms with E-state index in [9.17, 15) is 9.59 Å². The van der Waals surface area contributed by atoms with Crippen molar-refractivity contribution < 1.29 is 14.3 Å². The maximum Gasteiger partial charge on any atom is 0.236 e. The lowest BCUT2D eigenvalue weighted by Gasteiger charge is -2.29. The van der Waals surface area contributed by atoms with Crippen molar-refractivity contribution in [1.82, 2.24) is 20.4 Å². The molecule has 0 bridgehead atoms. The summed E-state index contributed by atoms with van der Waals surface area (Å²) in [5, 5.41) is 6.08. The Hall–Kier alpha value is -1.83. The van der Waals surface area contributed by atoms with Gasteiger partial charge in [0.1, 0.15) is 5.75 Å². The fraction of sp³-hybridized carbons (Fsp3) is 0.529. The quantitative estimate of drug-likeness (QED) is 0.712. The molecule has 0 atom stereocenters. The molecule has 2 amide bonds. The van der Waals surface area contributed by atoms with Crippen LogP contribution in [0, 0.1) is 0 Å². The van der Waals surface area contributed by atoms with Crippen molar-refractivity contribution in [1.29, 1.82) is 0 Å². The van der Waals surface area contributed by atoms with Crippen LogP contribution in [0.2, 0.25) is 0 Å². The maximum atomic E-state index is 12.2. The monoisotopic (exact) mass is 370 g/mol. The summed E-state index contributed by atoms with van der Waals surface area (Å²) in [7, 11) is 3.40. The summed E-state index contributed by atoms with van der Waals surface area (Å²) in [6, 6.07) is 7.57. The topological polar surface area (TPSA) is 73.9 Å². The Kier molecular flexibility index (Phi) is 9.26. The molecule has 1 aromatic carbocycles. The second-order valence-electron chi connectivity index (χ2n) is 5.93. The Balaban J connectivity index is 0.00000312. The Labute approximate surface area is 155 Å². The summed E-state index contributed by atoms with van der Waals surface area (Å²) in [4.78, 5) is 27.7. The number of hydrogen-bond donors (Lipinski definition) is 2. The number of carbonyl (C=O) groups is 2. The highest BCUT2D eigenvalue weighted by atomic mass is 35.5. The number of methoxy groups -OCH3 is 1. The van der Waals surface area contributed by atoms with Crippen LogP contribution in [0.1, 0.15) is 5.56 Å². The second kappa shape index (κ2) is 10.9. The average molecular weight is 371 g/mol. The first-order valence-electron chi connectivity index (χ1n) is 8.15. The van der Waals surface area contributed by atoms with E-state index in [1.807, 2.05) is 29.2 Å². The van der Waals surface area contributed by atoms with Crippen LogP contribution < -0.4 is 15.4 Å². The fourth-order valence-corrected chi connectivity index (χ4v) is 2.59. The molecule has 7 nitrogen and oxygen atoms in total. The van der Waals surface area contributed by atoms with Crippen LogP contribution in [0.3, 0.4) is 0 Å². The van der Waals surface area contributed by atoms with Gasteiger partial charge in [0, 0.05) is 32.7 Å². The number of benzene rings is 1. The number of nitrogens with zero attached hydrogens (tertiary/aromatic N) is 2. The largest absolute Gasteiger partial charge is 0.497 e. The van der Waals surface area contributed by atoms with Crippen molar-refractivity contribution in [3.63, 3.8) is 0 Å². The number of hydrogen-bond acceptors (Lipinski definition) is 5. The second-order valence-corrected chi connectivity index (χ2v) is 5.93. The summed E-state index contributed by atoms with van der Waals surface area (Å²) >= 11 is 0. The first-order valence-corrected chi connectivity index (χ1v) is 8.15. The summed E-state index contributed by atoms with van der Waals surface area (Å²) in [5.74, 6) is 0.730. The summed E-state index contributed by atoms with van der Waals surface area (Å²) in [5.41, 5.74) is 0.974. The number of likely N-dealkylation sites (N-methyl/N-ethyl adjacent to an activating group) is 1. The lowest BCUT2D eigenvalue weighted by atomic mass is 10.2. The summed E-state index contributed by atoms with van der Waals surface area (Å²) in [6.07, 6.45) is 0. The van der Waals surface area contributed by atoms with Gasteiger partial charge in [-0.2, -0.15) is 0 Å². The molecule has 1 aromatic rings. The van der Waals surface area contributed by atoms with E-state index in [0.717, 1.165) is 37.5 Å². The molecule has 1 aliphatic heterocycles. The molecule has 0 unspecified atom stereocenters. The third kappa shape index (κ3) is 7.29. The number of ether oxygens (including phenoxy) is 1. The van der Waals surface area contributed by atoms with Crippen molar-refractivity contribution in [2.24, 2.45) is 0 Å². The Morgan fingerprint density at radius 2 is 2.00 bits per heavy atom. The standard InChI is InChI=1S/C17H26N4O3.ClH/c1-20(13-17(23)21-8-6-18-7-9-21)12-16(22)19-11-14-4-3-5-15(10-14)24-2;/h3-5,10,18H,6-9,11-13H2,1-2H3,(H,19,22);1H. The van der Waals surface area contributed by atoms with Gasteiger partial charge in [0.05, 0.1) is 20.2 Å². The van der Waals surface area contributed by atoms with E-state index in [-0.39, 0.29) is 37.3 Å². The molecule has 25 heavy (non-hydrogen) atoms. The molecule has 1 saturated heterocycles. The molecule has 0 aliphatic carbocycles. The maximum absolute atomic E-state index is 12.2. The van der Waals surface area contributed by atoms with Gasteiger partial charge < -0.3 is 20.3 Å². The fourth-order valence-electron chi connectivity index (χ4n) is 2.59. The number of halogens is 1. The molecule has 0 radical (unpaired) electrons. The lowest BCUT2D eigenvalue weighted by molar-refractivity contribution is -0.133. The van der Waals surface area contributed by atoms with Gasteiger partial charge >= 0.3 is 0 Å². The van der Waals surface area contributed by atoms with Crippen LogP contribution in [0.5, 0.6) is 5.75 Å². The Bertz CT molecular complexity index is 565. The van der Waals surface area contributed by atoms with Crippen molar-refractivity contribution in [2.75, 3.05) is 53.4 Å². The summed E-state index contributed by atoms with van der Waals surface area (Å²) in [6.45, 7) is 4.01. The predicted octanol–water partition coefficient (Wildman–Crippen LogP) is 0.0968. The lowest BCUT2D eigenvalue weighted by Crippen LogP contribution is -2.50. The normalized spacial score (nSPS) is 14.0. The number of nitrogens with one attached hydrogen (secondary N) is 2. The Morgan fingerprint density at radius 3 is 2.68 bits per heavy atom. The number of piperazine rings is 1. The van der Waals surface area contributed by atoms with E-state index in [1.165, 1.54) is 0 Å². The molecule has 0 spiro atoms. The van der Waals surface area contributed by atoms with E-state index in [4.69, 9.17) is 4.74 Å². The Morgan fingerprint density at radius 1 is 1.28 bits per heavy atom. The molecule has 1 fully saturated rings. The van der Waals surface area contributed by atoms with E-state index >= 15 is 0 Å². The molecule has 0 aromatic heterocycles. The third-order valence-electron chi connectivity index (χ3n) is 3.91. The van der Waals surface area contributed by atoms with Crippen LogP contribution in [-0.4, -0.2) is 75.0 Å². The van der Waals surface area contributed by atoms with Crippen LogP contribution >= 0.6 is 12.4 Å². The minimum Gasteiger partial charge on any atom is -0.497 e. The zero-order chi connectivity index (χ0) is 17.4. The van der Waals surface area contributed by atoms with E-state index in [0.29, 0.717) is 6.54 Å². The molecule has 2 rings (SSSR count). The zero-order valence-electron chi connectivity index (χ0n) is 14.8. The van der Waals surface area contributed by atoms with Gasteiger partial charge in [-0.05, 0) is 24.7 Å². The number of carbonyl (C=O) groups excluding carboxylic acids is 2. The van der Waals surface area contributed by atoms with Crippen LogP contribution in [0.4, 0.5) is 0 Å². The molecule has 1 heterocycles. The van der Waals surface area contributed by atoms with E-state index in [1.54, 1.807) is 19.1 Å². The minimum atomic E-state index is -0.103. The highest BCUT2D eigenvalue weighted by Crippen LogP contribution is 2.12. The zero-order valence-corrected chi connectivity index (χ0v) is 15.6. The van der Waals surface area contributed by atoms with Gasteiger partial charge in [0.25, 0.3) is 0 Å². The van der Waals surface area contributed by atoms with Crippen LogP contribution in [0.25, 0.3) is 0 Å². The predicted molar refractivity (Wildman–Crippen MR) is 99.0 cm³/mol. The molecule has 8 heteroatoms. The van der Waals surface area contributed by atoms with Crippen molar-refractivity contribution in [2.45, 2.75) is 6.54 Å². The molecular formula is C17H27ClN4O3. The highest BCUT2D eigenvalue weighted by molar-refractivity contribution is 5.85. The smallest absolute Gasteiger partial charge is 0.236 e. The third-order valence-corrected chi connectivity index (χ3v) is 3.91. The molecule has 2 N–H and O–H groups in total. The molecule has 0 saturated carbocycles. The van der Waals surface area contributed by atoms with Gasteiger partial charge in [-0.15, -0.1) is 12.4 Å². The van der Waals surface area contributed by atoms with Gasteiger partial charge in [-0.25, -0.2) is 0 Å². The minimum absolute atomic E-state index is 0. The molecule has 1 aliphatic rings. The summed E-state index contributed by atoms with van der Waals surface area (Å²) < 4.78 is 5.16. The van der Waals surface area contributed by atoms with Gasteiger partial charge in [-0.3, -0.25) is 14.5 Å². The SMILES string of the molecule is COc1cccc(CNC(=O)CN(C)CC(=O)N2CCNCC2)c1.Cl. The van der Waals surface area contributed by atoms with Crippen LogP contribution in [0.15, 0.2) is 24.3 Å². The van der Waals surface area contributed by atoms with Gasteiger partial charge in [0.15, 0.2) is 0 Å². The number of rotatable bonds is 7. The van der Waals surface area contributed by atoms with E-state index in [2.05, 4.69) is 10.6 Å². The van der Waals surface area contributed by atoms with Crippen molar-refractivity contribution >= 4 is 24.2 Å².